The molecule has 5 N–H and O–H groups in total. The molecule has 0 bridgehead atoms. The monoisotopic (exact) mass is 1910 g/mol. The maximum atomic E-state index is 13.5. The van der Waals surface area contributed by atoms with E-state index in [-0.39, 0.29) is 134 Å². The van der Waals surface area contributed by atoms with Crippen LogP contribution in [0.2, 0.25) is 0 Å². The van der Waals surface area contributed by atoms with Gasteiger partial charge in [0.1, 0.15) is 17.2 Å². The lowest BCUT2D eigenvalue weighted by molar-refractivity contribution is -0.148. The number of methoxy groups -OCH3 is 3. The summed E-state index contributed by atoms with van der Waals surface area (Å²) in [7, 11) is 3.62. The van der Waals surface area contributed by atoms with Crippen LogP contribution in [0.25, 0.3) is 39.0 Å². The Morgan fingerprint density at radius 3 is 1.06 bits per heavy atom. The number of carbonyl (C=O) groups is 11. The maximum absolute atomic E-state index is 13.5. The predicted molar refractivity (Wildman–Crippen MR) is 529 cm³/mol. The van der Waals surface area contributed by atoms with Crippen LogP contribution in [0.1, 0.15) is 229 Å². The topological polar surface area (TPSA) is 361 Å². The number of benzene rings is 6. The molecule has 6 amide bonds. The molecule has 135 heavy (non-hydrogen) atoms. The van der Waals surface area contributed by atoms with Crippen LogP contribution in [0.5, 0.6) is 0 Å². The van der Waals surface area contributed by atoms with Crippen molar-refractivity contribution in [3.05, 3.63) is 202 Å². The van der Waals surface area contributed by atoms with Gasteiger partial charge in [0.05, 0.1) is 95.0 Å². The predicted octanol–water partition coefficient (Wildman–Crippen LogP) is 17.3. The lowest BCUT2D eigenvalue weighted by atomic mass is 9.78. The standard InChI is InChI=1S/C35H43N3O6.C30H35N3O4.C27H38BN3O5.C13H16BrNO3/c1-22(2)28(19-32(40)43-6)33(41)38-17-7-8-30(38)29-18-27(20-36-29)25-11-9-23(10-12-25)24-13-15-26(16-14-24)31(39)21-37-34(42)44-35(3,4)5;1-19(2)25(16-29(35)37-3)30(36)33-14-4-5-27(33)26-15-24(18-32-26)22-8-6-20(7-9-22)21-10-12-23(13-11-21)28(34)17-31;1-17(2)23(30-25(33)34-7)24(32)31-14-8-9-22(31)21-15-19(16-29-21)18-10-12-20(13-11-18)28-35-26(3,4)27(5,6)36-28;1-13(2,3)18-12(17)15-8-11(16)9-4-6-10(14)7-5-9/h9-16,20,22,28,30H,7-8,17-19,21H2,1-6H3,(H,37,42);6-13,18-19,25,27H,4-5,14-17,31H2,1-3H3;10-13,16-17,22-23H,8-9,14-15H2,1-7H3,(H,30,33);4-7H,8H2,1-3H3,(H,15,17)/t28-,30-;25-,27-;22-,23-;/m000./s1. The number of alkyl carbamates (subject to hydrolysis) is 3. The minimum absolute atomic E-state index is 0.000394. The SMILES string of the molecule is CC(C)(C)OC(=O)NCC(=O)c1ccc(Br)cc1.COC(=O)C[C@H](C(=O)N1CCC[C@H]1C1=NC=C(c2ccc(-c3ccc(C(=O)CN)cc3)cc2)C1)C(C)C.COC(=O)C[C@H](C(=O)N1CCC[C@H]1C1=NC=C(c2ccc(-c3ccc(C(=O)CNC(=O)OC(C)(C)C)cc3)cc2)C1)C(C)C.COC(=O)N[C@H](C(=O)N1CCC[C@H]1C1=NC=C(c2ccc(B3OC(C)(C)C(C)(C)O3)cc2)C1)C(C)C. The summed E-state index contributed by atoms with van der Waals surface area (Å²) in [6.45, 7) is 32.3. The van der Waals surface area contributed by atoms with Crippen LogP contribution < -0.4 is 27.1 Å². The van der Waals surface area contributed by atoms with Crippen molar-refractivity contribution in [2.75, 3.05) is 60.6 Å². The first-order valence-electron chi connectivity index (χ1n) is 46.4. The molecular weight excluding hydrogens is 1780 g/mol. The second-order valence-corrected chi connectivity index (χ2v) is 39.7. The third-order valence-corrected chi connectivity index (χ3v) is 25.8. The van der Waals surface area contributed by atoms with Gasteiger partial charge in [0.25, 0.3) is 0 Å². The van der Waals surface area contributed by atoms with Crippen molar-refractivity contribution in [1.29, 1.82) is 0 Å². The molecule has 0 unspecified atom stereocenters. The number of ketones is 3. The zero-order valence-electron chi connectivity index (χ0n) is 81.4. The molecule has 4 fully saturated rings. The smallest absolute Gasteiger partial charge is 0.469 e. The number of rotatable bonds is 28. The number of esters is 2. The molecular formula is C105H132BBrN10O18. The number of carbonyl (C=O) groups excluding carboxylic acids is 11. The lowest BCUT2D eigenvalue weighted by Gasteiger charge is -2.32. The Morgan fingerprint density at radius 1 is 0.437 bits per heavy atom. The number of Topliss-reactive ketones (excluding diaryl/α,β-unsaturated/α-hetero) is 3. The van der Waals surface area contributed by atoms with E-state index >= 15 is 0 Å². The van der Waals surface area contributed by atoms with Crippen molar-refractivity contribution in [2.45, 2.75) is 228 Å². The summed E-state index contributed by atoms with van der Waals surface area (Å²) in [5.74, 6) is -2.01. The first-order chi connectivity index (χ1) is 63.9. The molecule has 6 aromatic carbocycles. The number of nitrogens with two attached hydrogens (primary N) is 1. The summed E-state index contributed by atoms with van der Waals surface area (Å²) in [4.78, 5) is 155. The Labute approximate surface area is 802 Å². The molecule has 0 radical (unpaired) electrons. The number of aliphatic imine (C=N–C) groups is 3. The second-order valence-electron chi connectivity index (χ2n) is 38.8. The highest BCUT2D eigenvalue weighted by Crippen LogP contribution is 2.40. The van der Waals surface area contributed by atoms with E-state index < -0.39 is 47.4 Å². The molecule has 7 heterocycles. The van der Waals surface area contributed by atoms with Crippen LogP contribution in [0.15, 0.2) is 184 Å². The molecule has 4 saturated heterocycles. The number of halogens is 1. The van der Waals surface area contributed by atoms with Gasteiger partial charge in [0.2, 0.25) is 17.7 Å². The normalized spacial score (nSPS) is 18.2. The van der Waals surface area contributed by atoms with Crippen LogP contribution in [-0.4, -0.2) is 211 Å². The van der Waals surface area contributed by atoms with Crippen LogP contribution in [-0.2, 0) is 57.0 Å². The fourth-order valence-electron chi connectivity index (χ4n) is 16.8. The summed E-state index contributed by atoms with van der Waals surface area (Å²) in [5.41, 5.74) is 19.8. The molecule has 30 heteroatoms. The molecule has 28 nitrogen and oxygen atoms in total. The van der Waals surface area contributed by atoms with Gasteiger partial charge >= 0.3 is 37.3 Å². The Bertz CT molecular complexity index is 5420. The first kappa shape index (κ1) is 105. The Hall–Kier alpha value is -11.9. The van der Waals surface area contributed by atoms with Gasteiger partial charge in [-0.3, -0.25) is 53.3 Å². The second kappa shape index (κ2) is 47.1. The third kappa shape index (κ3) is 28.6. The molecule has 6 aromatic rings. The zero-order chi connectivity index (χ0) is 98.6. The summed E-state index contributed by atoms with van der Waals surface area (Å²) in [6, 6.07) is 45.7. The van der Waals surface area contributed by atoms with Crippen molar-refractivity contribution in [3.63, 3.8) is 0 Å². The summed E-state index contributed by atoms with van der Waals surface area (Å²) in [5, 5.41) is 7.63. The first-order valence-corrected chi connectivity index (χ1v) is 47.2. The molecule has 7 aliphatic rings. The fraction of sp³-hybridized carbons (Fsp3) is 0.467. The molecule has 7 aliphatic heterocycles. The van der Waals surface area contributed by atoms with Gasteiger partial charge in [0, 0.05) is 95.8 Å². The van der Waals surface area contributed by atoms with E-state index in [0.29, 0.717) is 55.6 Å². The van der Waals surface area contributed by atoms with E-state index in [0.717, 1.165) is 121 Å². The van der Waals surface area contributed by atoms with E-state index in [1.165, 1.54) is 21.3 Å². The van der Waals surface area contributed by atoms with E-state index in [1.54, 1.807) is 77.9 Å². The molecule has 6 atom stereocenters. The van der Waals surface area contributed by atoms with Crippen molar-refractivity contribution < 1.29 is 85.7 Å². The summed E-state index contributed by atoms with van der Waals surface area (Å²) < 4.78 is 37.9. The van der Waals surface area contributed by atoms with Gasteiger partial charge in [-0.2, -0.15) is 0 Å². The van der Waals surface area contributed by atoms with Gasteiger partial charge < -0.3 is 69.4 Å². The number of hydrogen-bond acceptors (Lipinski definition) is 22. The number of allylic oxidation sites excluding steroid dienone is 3. The number of ether oxygens (including phenoxy) is 5. The van der Waals surface area contributed by atoms with Gasteiger partial charge in [-0.25, -0.2) is 14.4 Å². The van der Waals surface area contributed by atoms with Crippen LogP contribution in [0.3, 0.4) is 0 Å². The number of nitrogens with zero attached hydrogens (tertiary/aromatic N) is 6. The Kier molecular flexibility index (Phi) is 36.7. The maximum Gasteiger partial charge on any atom is 0.494 e. The fourth-order valence-corrected chi connectivity index (χ4v) is 17.1. The number of hydrogen-bond donors (Lipinski definition) is 4. The van der Waals surface area contributed by atoms with Crippen LogP contribution >= 0.6 is 15.9 Å². The zero-order valence-corrected chi connectivity index (χ0v) is 83.0. The molecule has 0 aromatic heterocycles. The number of nitrogens with one attached hydrogen (secondary N) is 3. The van der Waals surface area contributed by atoms with Crippen LogP contribution in [0.4, 0.5) is 14.4 Å². The van der Waals surface area contributed by atoms with Gasteiger partial charge in [-0.15, -0.1) is 0 Å². The highest BCUT2D eigenvalue weighted by atomic mass is 79.9. The third-order valence-electron chi connectivity index (χ3n) is 25.2. The summed E-state index contributed by atoms with van der Waals surface area (Å²) in [6.07, 6.45) is 11.5. The molecule has 0 aliphatic carbocycles. The molecule has 0 spiro atoms. The van der Waals surface area contributed by atoms with Crippen molar-refractivity contribution >= 4 is 128 Å². The highest BCUT2D eigenvalue weighted by molar-refractivity contribution is 9.10. The molecule has 0 saturated carbocycles. The largest absolute Gasteiger partial charge is 0.494 e. The summed E-state index contributed by atoms with van der Waals surface area (Å²) >= 11 is 3.29. The quantitative estimate of drug-likeness (QED) is 0.0153. The minimum Gasteiger partial charge on any atom is -0.469 e. The minimum atomic E-state index is -0.630. The number of amides is 6. The number of likely N-dealkylation sites (tertiary alicyclic amines) is 3. The highest BCUT2D eigenvalue weighted by Gasteiger charge is 2.52. The lowest BCUT2D eigenvalue weighted by Crippen LogP contribution is -2.53. The Morgan fingerprint density at radius 2 is 0.748 bits per heavy atom. The van der Waals surface area contributed by atoms with E-state index in [2.05, 4.69) is 108 Å². The van der Waals surface area contributed by atoms with E-state index in [1.807, 2.05) is 136 Å². The van der Waals surface area contributed by atoms with Crippen molar-refractivity contribution in [3.8, 4) is 22.3 Å². The van der Waals surface area contributed by atoms with Gasteiger partial charge in [0.15, 0.2) is 17.3 Å². The molecule has 13 rings (SSSR count). The average molecular weight is 1910 g/mol. The van der Waals surface area contributed by atoms with E-state index in [4.69, 9.17) is 53.7 Å². The Balaban J connectivity index is 0.000000193. The molecule has 720 valence electrons. The van der Waals surface area contributed by atoms with Crippen LogP contribution in [0, 0.1) is 29.6 Å². The average Bonchev–Trinajstić information content (AvgIpc) is 1.64. The van der Waals surface area contributed by atoms with Gasteiger partial charge in [-0.05, 0) is 199 Å². The van der Waals surface area contributed by atoms with Gasteiger partial charge in [-0.1, -0.05) is 191 Å². The van der Waals surface area contributed by atoms with Crippen molar-refractivity contribution in [2.24, 2.45) is 50.3 Å². The van der Waals surface area contributed by atoms with Crippen molar-refractivity contribution in [1.82, 2.24) is 30.7 Å². The van der Waals surface area contributed by atoms with E-state index in [9.17, 15) is 52.7 Å².